The van der Waals surface area contributed by atoms with Crippen molar-refractivity contribution in [1.29, 1.82) is 0 Å². The highest BCUT2D eigenvalue weighted by Crippen LogP contribution is 2.31. The molecule has 120 valence electrons. The summed E-state index contributed by atoms with van der Waals surface area (Å²) in [6, 6.07) is 9.50. The maximum atomic E-state index is 12.3. The van der Waals surface area contributed by atoms with E-state index in [0.717, 1.165) is 25.8 Å². The molecule has 3 rings (SSSR count). The van der Waals surface area contributed by atoms with Crippen molar-refractivity contribution in [2.75, 3.05) is 11.4 Å². The number of fused-ring (bicyclic) bond motifs is 1. The van der Waals surface area contributed by atoms with Crippen LogP contribution in [-0.4, -0.2) is 24.5 Å². The third-order valence-corrected chi connectivity index (χ3v) is 5.15. The van der Waals surface area contributed by atoms with Gasteiger partial charge in [0.1, 0.15) is 0 Å². The molecule has 1 atom stereocenters. The van der Waals surface area contributed by atoms with E-state index in [0.29, 0.717) is 18.5 Å². The Morgan fingerprint density at radius 2 is 1.91 bits per heavy atom. The molecule has 1 aromatic rings. The summed E-state index contributed by atoms with van der Waals surface area (Å²) in [5.74, 6) is 0.225. The molecule has 1 amide bonds. The lowest BCUT2D eigenvalue weighted by Gasteiger charge is -2.25. The van der Waals surface area contributed by atoms with Gasteiger partial charge in [-0.15, -0.1) is 0 Å². The van der Waals surface area contributed by atoms with Gasteiger partial charge < -0.3 is 10.2 Å². The summed E-state index contributed by atoms with van der Waals surface area (Å²) in [4.78, 5) is 14.7. The Morgan fingerprint density at radius 3 is 2.68 bits per heavy atom. The summed E-state index contributed by atoms with van der Waals surface area (Å²) in [5.41, 5.74) is 2.73. The van der Waals surface area contributed by atoms with Gasteiger partial charge in [0.25, 0.3) is 0 Å². The maximum Gasteiger partial charge on any atom is 0.221 e. The third kappa shape index (κ3) is 3.63. The second kappa shape index (κ2) is 7.17. The molecule has 1 N–H and O–H groups in total. The van der Waals surface area contributed by atoms with Gasteiger partial charge in [-0.2, -0.15) is 0 Å². The van der Waals surface area contributed by atoms with E-state index in [1.165, 1.54) is 36.9 Å². The van der Waals surface area contributed by atoms with E-state index in [1.807, 2.05) is 0 Å². The average Bonchev–Trinajstić information content (AvgIpc) is 2.67. The molecule has 1 fully saturated rings. The average molecular weight is 300 g/mol. The zero-order valence-electron chi connectivity index (χ0n) is 13.7. The van der Waals surface area contributed by atoms with Crippen molar-refractivity contribution in [1.82, 2.24) is 5.32 Å². The van der Waals surface area contributed by atoms with E-state index in [4.69, 9.17) is 0 Å². The molecule has 0 radical (unpaired) electrons. The first-order valence-electron chi connectivity index (χ1n) is 8.88. The highest BCUT2D eigenvalue weighted by molar-refractivity contribution is 5.77. The lowest BCUT2D eigenvalue weighted by atomic mass is 10.1. The van der Waals surface area contributed by atoms with Gasteiger partial charge in [0, 0.05) is 30.7 Å². The van der Waals surface area contributed by atoms with E-state index >= 15 is 0 Å². The first-order chi connectivity index (χ1) is 10.7. The number of nitrogens with one attached hydrogen (secondary N) is 1. The van der Waals surface area contributed by atoms with Crippen molar-refractivity contribution < 1.29 is 4.79 Å². The molecule has 0 bridgehead atoms. The summed E-state index contributed by atoms with van der Waals surface area (Å²) < 4.78 is 0. The summed E-state index contributed by atoms with van der Waals surface area (Å²) in [7, 11) is 0. The number of benzene rings is 1. The Kier molecular flexibility index (Phi) is 5.01. The first-order valence-corrected chi connectivity index (χ1v) is 8.88. The van der Waals surface area contributed by atoms with E-state index < -0.39 is 0 Å². The molecule has 1 aliphatic heterocycles. The third-order valence-electron chi connectivity index (χ3n) is 5.15. The molecule has 1 unspecified atom stereocenters. The summed E-state index contributed by atoms with van der Waals surface area (Å²) in [5, 5.41) is 3.26. The SMILES string of the molecule is CC1Cc2ccccc2N1CCC(=O)NC1CCCCCC1. The summed E-state index contributed by atoms with van der Waals surface area (Å²) in [6.07, 6.45) is 9.21. The molecule has 1 aromatic carbocycles. The second-order valence-electron chi connectivity index (χ2n) is 6.88. The fraction of sp³-hybridized carbons (Fsp3) is 0.632. The quantitative estimate of drug-likeness (QED) is 0.861. The van der Waals surface area contributed by atoms with E-state index in [2.05, 4.69) is 41.4 Å². The van der Waals surface area contributed by atoms with Crippen molar-refractivity contribution in [3.63, 3.8) is 0 Å². The van der Waals surface area contributed by atoms with Crippen LogP contribution in [0.1, 0.15) is 57.4 Å². The molecule has 1 heterocycles. The number of para-hydroxylation sites is 1. The zero-order valence-corrected chi connectivity index (χ0v) is 13.7. The number of carbonyl (C=O) groups excluding carboxylic acids is 1. The highest BCUT2D eigenvalue weighted by atomic mass is 16.1. The molecule has 22 heavy (non-hydrogen) atoms. The minimum absolute atomic E-state index is 0.225. The molecular weight excluding hydrogens is 272 g/mol. The van der Waals surface area contributed by atoms with Gasteiger partial charge in [-0.05, 0) is 37.8 Å². The lowest BCUT2D eigenvalue weighted by molar-refractivity contribution is -0.121. The van der Waals surface area contributed by atoms with Crippen molar-refractivity contribution in [2.45, 2.75) is 70.4 Å². The van der Waals surface area contributed by atoms with Gasteiger partial charge in [0.2, 0.25) is 5.91 Å². The normalized spacial score (nSPS) is 22.2. The van der Waals surface area contributed by atoms with Crippen LogP contribution in [0.5, 0.6) is 0 Å². The molecule has 3 nitrogen and oxygen atoms in total. The Morgan fingerprint density at radius 1 is 1.18 bits per heavy atom. The number of anilines is 1. The molecule has 0 aromatic heterocycles. The van der Waals surface area contributed by atoms with E-state index in [-0.39, 0.29) is 5.91 Å². The van der Waals surface area contributed by atoms with Crippen molar-refractivity contribution >= 4 is 11.6 Å². The van der Waals surface area contributed by atoms with Crippen molar-refractivity contribution in [3.05, 3.63) is 29.8 Å². The lowest BCUT2D eigenvalue weighted by Crippen LogP contribution is -2.38. The van der Waals surface area contributed by atoms with Crippen LogP contribution in [0.2, 0.25) is 0 Å². The Hall–Kier alpha value is -1.51. The van der Waals surface area contributed by atoms with Crippen molar-refractivity contribution in [3.8, 4) is 0 Å². The highest BCUT2D eigenvalue weighted by Gasteiger charge is 2.25. The fourth-order valence-corrected chi connectivity index (χ4v) is 3.92. The fourth-order valence-electron chi connectivity index (χ4n) is 3.92. The maximum absolute atomic E-state index is 12.3. The topological polar surface area (TPSA) is 32.3 Å². The minimum Gasteiger partial charge on any atom is -0.368 e. The number of nitrogens with zero attached hydrogens (tertiary/aromatic N) is 1. The molecule has 0 spiro atoms. The number of rotatable bonds is 4. The van der Waals surface area contributed by atoms with Crippen LogP contribution in [0, 0.1) is 0 Å². The van der Waals surface area contributed by atoms with Crippen LogP contribution in [0.4, 0.5) is 5.69 Å². The van der Waals surface area contributed by atoms with E-state index in [9.17, 15) is 4.79 Å². The molecule has 0 saturated heterocycles. The van der Waals surface area contributed by atoms with Crippen LogP contribution in [-0.2, 0) is 11.2 Å². The molecule has 1 aliphatic carbocycles. The molecule has 3 heteroatoms. The van der Waals surface area contributed by atoms with Crippen molar-refractivity contribution in [2.24, 2.45) is 0 Å². The van der Waals surface area contributed by atoms with Gasteiger partial charge >= 0.3 is 0 Å². The monoisotopic (exact) mass is 300 g/mol. The van der Waals surface area contributed by atoms with Crippen LogP contribution >= 0.6 is 0 Å². The van der Waals surface area contributed by atoms with Gasteiger partial charge in [0.05, 0.1) is 0 Å². The predicted molar refractivity (Wildman–Crippen MR) is 91.2 cm³/mol. The Balaban J connectivity index is 1.50. The van der Waals surface area contributed by atoms with E-state index in [1.54, 1.807) is 0 Å². The molecule has 2 aliphatic rings. The predicted octanol–water partition coefficient (Wildman–Crippen LogP) is 3.67. The first kappa shape index (κ1) is 15.4. The van der Waals surface area contributed by atoms with Crippen LogP contribution in [0.15, 0.2) is 24.3 Å². The number of hydrogen-bond donors (Lipinski definition) is 1. The smallest absolute Gasteiger partial charge is 0.221 e. The zero-order chi connectivity index (χ0) is 15.4. The van der Waals surface area contributed by atoms with Crippen LogP contribution < -0.4 is 10.2 Å². The number of hydrogen-bond acceptors (Lipinski definition) is 2. The largest absolute Gasteiger partial charge is 0.368 e. The van der Waals surface area contributed by atoms with Crippen LogP contribution in [0.25, 0.3) is 0 Å². The summed E-state index contributed by atoms with van der Waals surface area (Å²) >= 11 is 0. The summed E-state index contributed by atoms with van der Waals surface area (Å²) in [6.45, 7) is 3.08. The van der Waals surface area contributed by atoms with Gasteiger partial charge in [-0.1, -0.05) is 43.9 Å². The molecular formula is C19H28N2O. The van der Waals surface area contributed by atoms with Gasteiger partial charge in [0.15, 0.2) is 0 Å². The standard InChI is InChI=1S/C19H28N2O/c1-15-14-16-8-6-7-11-18(16)21(15)13-12-19(22)20-17-9-4-2-3-5-10-17/h6-8,11,15,17H,2-5,9-10,12-14H2,1H3,(H,20,22). The Bertz CT molecular complexity index is 506. The molecule has 1 saturated carbocycles. The van der Waals surface area contributed by atoms with Gasteiger partial charge in [-0.25, -0.2) is 0 Å². The Labute approximate surface area is 134 Å². The number of carbonyl (C=O) groups is 1. The number of amides is 1. The second-order valence-corrected chi connectivity index (χ2v) is 6.88. The minimum atomic E-state index is 0.225. The van der Waals surface area contributed by atoms with Gasteiger partial charge in [-0.3, -0.25) is 4.79 Å². The van der Waals surface area contributed by atoms with Crippen LogP contribution in [0.3, 0.4) is 0 Å².